The number of morpholine rings is 1. The molecular weight excluding hydrogens is 272 g/mol. The summed E-state index contributed by atoms with van der Waals surface area (Å²) >= 11 is 0. The smallest absolute Gasteiger partial charge is 0.407 e. The van der Waals surface area contributed by atoms with E-state index >= 15 is 0 Å². The molecule has 8 heteroatoms. The van der Waals surface area contributed by atoms with E-state index in [1.54, 1.807) is 6.92 Å². The van der Waals surface area contributed by atoms with Crippen LogP contribution in [0.1, 0.15) is 6.92 Å². The normalized spacial score (nSPS) is 31.0. The van der Waals surface area contributed by atoms with E-state index in [1.165, 1.54) is 0 Å². The average molecular weight is 292 g/mol. The van der Waals surface area contributed by atoms with Gasteiger partial charge < -0.3 is 14.8 Å². The van der Waals surface area contributed by atoms with Crippen LogP contribution in [0.5, 0.6) is 0 Å². The molecule has 2 heterocycles. The van der Waals surface area contributed by atoms with Crippen molar-refractivity contribution in [3.63, 3.8) is 0 Å². The van der Waals surface area contributed by atoms with Crippen molar-refractivity contribution in [3.8, 4) is 0 Å². The van der Waals surface area contributed by atoms with Crippen molar-refractivity contribution >= 4 is 15.9 Å². The summed E-state index contributed by atoms with van der Waals surface area (Å²) in [7, 11) is -3.11. The Kier molecular flexibility index (Phi) is 4.64. The quantitative estimate of drug-likeness (QED) is 0.735. The summed E-state index contributed by atoms with van der Waals surface area (Å²) in [6, 6.07) is -0.583. The van der Waals surface area contributed by atoms with Gasteiger partial charge in [-0.3, -0.25) is 4.90 Å². The Hall–Kier alpha value is -0.860. The van der Waals surface area contributed by atoms with Gasteiger partial charge in [0.05, 0.1) is 37.4 Å². The highest BCUT2D eigenvalue weighted by molar-refractivity contribution is 7.91. The minimum Gasteiger partial charge on any atom is -0.450 e. The summed E-state index contributed by atoms with van der Waals surface area (Å²) in [6.07, 6.45) is -0.553. The number of nitrogens with zero attached hydrogens (tertiary/aromatic N) is 1. The molecule has 110 valence electrons. The van der Waals surface area contributed by atoms with Crippen LogP contribution < -0.4 is 5.32 Å². The Morgan fingerprint density at radius 3 is 2.68 bits per heavy atom. The number of hydrogen-bond acceptors (Lipinski definition) is 6. The van der Waals surface area contributed by atoms with Crippen LogP contribution in [-0.2, 0) is 19.3 Å². The molecule has 0 saturated carbocycles. The third kappa shape index (κ3) is 3.80. The lowest BCUT2D eigenvalue weighted by Crippen LogP contribution is -2.54. The van der Waals surface area contributed by atoms with Gasteiger partial charge in [0.25, 0.3) is 0 Å². The van der Waals surface area contributed by atoms with Gasteiger partial charge in [-0.2, -0.15) is 0 Å². The molecule has 0 aliphatic carbocycles. The van der Waals surface area contributed by atoms with E-state index < -0.39 is 22.0 Å². The van der Waals surface area contributed by atoms with Crippen LogP contribution in [0.4, 0.5) is 4.79 Å². The first-order valence-corrected chi connectivity index (χ1v) is 8.29. The molecule has 0 aromatic rings. The summed E-state index contributed by atoms with van der Waals surface area (Å²) in [4.78, 5) is 13.5. The summed E-state index contributed by atoms with van der Waals surface area (Å²) < 4.78 is 33.6. The highest BCUT2D eigenvalue weighted by atomic mass is 32.2. The van der Waals surface area contributed by atoms with Gasteiger partial charge in [-0.05, 0) is 6.92 Å². The first-order valence-electron chi connectivity index (χ1n) is 6.47. The molecule has 1 amide bonds. The first kappa shape index (κ1) is 14.5. The van der Waals surface area contributed by atoms with E-state index in [-0.39, 0.29) is 24.2 Å². The fourth-order valence-electron chi connectivity index (χ4n) is 2.56. The van der Waals surface area contributed by atoms with Crippen LogP contribution in [0.2, 0.25) is 0 Å². The maximum atomic E-state index is 11.8. The van der Waals surface area contributed by atoms with Crippen molar-refractivity contribution in [2.75, 3.05) is 44.4 Å². The lowest BCUT2D eigenvalue weighted by Gasteiger charge is -2.34. The predicted octanol–water partition coefficient (Wildman–Crippen LogP) is -0.770. The summed E-state index contributed by atoms with van der Waals surface area (Å²) in [6.45, 7) is 4.58. The van der Waals surface area contributed by atoms with E-state index in [0.717, 1.165) is 0 Å². The van der Waals surface area contributed by atoms with Crippen molar-refractivity contribution in [1.29, 1.82) is 0 Å². The van der Waals surface area contributed by atoms with E-state index in [2.05, 4.69) is 10.2 Å². The van der Waals surface area contributed by atoms with Crippen LogP contribution in [-0.4, -0.2) is 75.9 Å². The van der Waals surface area contributed by atoms with Crippen molar-refractivity contribution in [1.82, 2.24) is 10.2 Å². The van der Waals surface area contributed by atoms with Crippen LogP contribution >= 0.6 is 0 Å². The lowest BCUT2D eigenvalue weighted by molar-refractivity contribution is 0.0162. The van der Waals surface area contributed by atoms with Crippen LogP contribution in [0, 0.1) is 0 Å². The molecule has 7 nitrogen and oxygen atoms in total. The first-order chi connectivity index (χ1) is 9.02. The molecule has 0 radical (unpaired) electrons. The van der Waals surface area contributed by atoms with E-state index in [9.17, 15) is 13.2 Å². The number of carbonyl (C=O) groups excluding carboxylic acids is 1. The molecule has 0 unspecified atom stereocenters. The minimum atomic E-state index is -3.11. The van der Waals surface area contributed by atoms with Crippen LogP contribution in [0.15, 0.2) is 0 Å². The Morgan fingerprint density at radius 1 is 1.37 bits per heavy atom. The molecule has 2 rings (SSSR count). The molecule has 2 atom stereocenters. The van der Waals surface area contributed by atoms with E-state index in [0.29, 0.717) is 26.3 Å². The van der Waals surface area contributed by atoms with Gasteiger partial charge in [0.2, 0.25) is 0 Å². The van der Waals surface area contributed by atoms with Gasteiger partial charge in [0, 0.05) is 19.1 Å². The summed E-state index contributed by atoms with van der Waals surface area (Å²) in [5, 5.41) is 2.66. The number of nitrogens with one attached hydrogen (secondary N) is 1. The summed E-state index contributed by atoms with van der Waals surface area (Å²) in [5.41, 5.74) is 0. The topological polar surface area (TPSA) is 84.9 Å². The van der Waals surface area contributed by atoms with Crippen LogP contribution in [0.25, 0.3) is 0 Å². The largest absolute Gasteiger partial charge is 0.450 e. The van der Waals surface area contributed by atoms with Crippen LogP contribution in [0.3, 0.4) is 0 Å². The fraction of sp³-hybridized carbons (Fsp3) is 0.909. The number of alkyl carbamates (subject to hydrolysis) is 1. The molecule has 1 N–H and O–H groups in total. The highest BCUT2D eigenvalue weighted by Gasteiger charge is 2.42. The number of amides is 1. The Morgan fingerprint density at radius 2 is 2.05 bits per heavy atom. The lowest BCUT2D eigenvalue weighted by atomic mass is 10.1. The molecule has 0 aromatic carbocycles. The Balaban J connectivity index is 2.03. The molecule has 0 spiro atoms. The molecule has 2 fully saturated rings. The number of ether oxygens (including phenoxy) is 2. The molecule has 2 aliphatic rings. The monoisotopic (exact) mass is 292 g/mol. The Labute approximate surface area is 113 Å². The molecule has 0 bridgehead atoms. The minimum absolute atomic E-state index is 0.0200. The Bertz CT molecular complexity index is 419. The third-order valence-corrected chi connectivity index (χ3v) is 5.13. The second-order valence-electron chi connectivity index (χ2n) is 4.76. The molecule has 2 saturated heterocycles. The number of sulfone groups is 1. The SMILES string of the molecule is CCOC(=O)N[C@@H]1CS(=O)(=O)C[C@@H]1N1CCOCC1. The second kappa shape index (κ2) is 6.06. The van der Waals surface area contributed by atoms with Crippen molar-refractivity contribution in [2.24, 2.45) is 0 Å². The fourth-order valence-corrected chi connectivity index (χ4v) is 4.51. The highest BCUT2D eigenvalue weighted by Crippen LogP contribution is 2.19. The second-order valence-corrected chi connectivity index (χ2v) is 6.92. The maximum Gasteiger partial charge on any atom is 0.407 e. The molecule has 19 heavy (non-hydrogen) atoms. The standard InChI is InChI=1S/C11H20N2O5S/c1-2-18-11(14)12-9-7-19(15,16)8-10(9)13-3-5-17-6-4-13/h9-10H,2-8H2,1H3,(H,12,14)/t9-,10+/m1/s1. The average Bonchev–Trinajstić information content (AvgIpc) is 2.66. The zero-order valence-electron chi connectivity index (χ0n) is 11.0. The number of carbonyl (C=O) groups is 1. The van der Waals surface area contributed by atoms with Gasteiger partial charge >= 0.3 is 6.09 Å². The molecule has 0 aromatic heterocycles. The van der Waals surface area contributed by atoms with Crippen molar-refractivity contribution < 1.29 is 22.7 Å². The van der Waals surface area contributed by atoms with Gasteiger partial charge in [-0.25, -0.2) is 13.2 Å². The summed E-state index contributed by atoms with van der Waals surface area (Å²) in [5.74, 6) is 0.0674. The maximum absolute atomic E-state index is 11.8. The van der Waals surface area contributed by atoms with Crippen molar-refractivity contribution in [3.05, 3.63) is 0 Å². The third-order valence-electron chi connectivity index (χ3n) is 3.42. The number of hydrogen-bond donors (Lipinski definition) is 1. The predicted molar refractivity (Wildman–Crippen MR) is 68.8 cm³/mol. The van der Waals surface area contributed by atoms with E-state index in [1.807, 2.05) is 0 Å². The molecule has 2 aliphatic heterocycles. The van der Waals surface area contributed by atoms with E-state index in [4.69, 9.17) is 9.47 Å². The number of rotatable bonds is 3. The van der Waals surface area contributed by atoms with Gasteiger partial charge in [0.1, 0.15) is 0 Å². The zero-order valence-corrected chi connectivity index (χ0v) is 11.8. The van der Waals surface area contributed by atoms with Crippen molar-refractivity contribution in [2.45, 2.75) is 19.0 Å². The molecular formula is C11H20N2O5S. The van der Waals surface area contributed by atoms with Gasteiger partial charge in [0.15, 0.2) is 9.84 Å². The van der Waals surface area contributed by atoms with Gasteiger partial charge in [-0.1, -0.05) is 0 Å². The van der Waals surface area contributed by atoms with Gasteiger partial charge in [-0.15, -0.1) is 0 Å². The zero-order chi connectivity index (χ0) is 13.9.